The zero-order valence-corrected chi connectivity index (χ0v) is 27.3. The van der Waals surface area contributed by atoms with Gasteiger partial charge in [-0.3, -0.25) is 13.9 Å². The van der Waals surface area contributed by atoms with Gasteiger partial charge in [-0.15, -0.1) is 0 Å². The highest BCUT2D eigenvalue weighted by molar-refractivity contribution is 7.92. The van der Waals surface area contributed by atoms with E-state index in [-0.39, 0.29) is 34.7 Å². The van der Waals surface area contributed by atoms with Gasteiger partial charge >= 0.3 is 0 Å². The first kappa shape index (κ1) is 34.2. The van der Waals surface area contributed by atoms with E-state index < -0.39 is 28.5 Å². The van der Waals surface area contributed by atoms with Crippen LogP contribution in [-0.4, -0.2) is 65.1 Å². The normalized spacial score (nSPS) is 11.9. The molecular weight excluding hydrogens is 582 g/mol. The summed E-state index contributed by atoms with van der Waals surface area (Å²) in [5.74, 6) is 0.491. The Morgan fingerprint density at radius 1 is 0.886 bits per heavy atom. The van der Waals surface area contributed by atoms with Crippen molar-refractivity contribution in [2.45, 2.75) is 52.1 Å². The van der Waals surface area contributed by atoms with E-state index in [4.69, 9.17) is 14.2 Å². The Morgan fingerprint density at radius 2 is 1.52 bits per heavy atom. The molecule has 3 aromatic rings. The van der Waals surface area contributed by atoms with Crippen LogP contribution in [0.1, 0.15) is 38.8 Å². The van der Waals surface area contributed by atoms with Crippen molar-refractivity contribution in [1.29, 1.82) is 0 Å². The van der Waals surface area contributed by atoms with E-state index in [1.165, 1.54) is 37.3 Å². The van der Waals surface area contributed by atoms with Crippen LogP contribution in [0.25, 0.3) is 0 Å². The van der Waals surface area contributed by atoms with Crippen LogP contribution in [-0.2, 0) is 26.2 Å². The summed E-state index contributed by atoms with van der Waals surface area (Å²) in [5, 5.41) is 2.89. The van der Waals surface area contributed by atoms with Crippen molar-refractivity contribution in [3.8, 4) is 17.2 Å². The maximum Gasteiger partial charge on any atom is 0.264 e. The van der Waals surface area contributed by atoms with Crippen molar-refractivity contribution < 1.29 is 32.2 Å². The zero-order chi connectivity index (χ0) is 32.4. The van der Waals surface area contributed by atoms with Crippen LogP contribution in [0.2, 0.25) is 0 Å². The summed E-state index contributed by atoms with van der Waals surface area (Å²) in [6.07, 6.45) is 0. The van der Waals surface area contributed by atoms with Gasteiger partial charge < -0.3 is 24.4 Å². The van der Waals surface area contributed by atoms with Crippen molar-refractivity contribution in [1.82, 2.24) is 10.2 Å². The second-order valence-corrected chi connectivity index (χ2v) is 12.6. The predicted molar refractivity (Wildman–Crippen MR) is 171 cm³/mol. The van der Waals surface area contributed by atoms with Gasteiger partial charge in [-0.2, -0.15) is 0 Å². The summed E-state index contributed by atoms with van der Waals surface area (Å²) in [4.78, 5) is 28.6. The lowest BCUT2D eigenvalue weighted by atomic mass is 10.1. The average Bonchev–Trinajstić information content (AvgIpc) is 3.01. The first-order valence-electron chi connectivity index (χ1n) is 14.5. The third-order valence-corrected chi connectivity index (χ3v) is 8.75. The monoisotopic (exact) mass is 625 g/mol. The fourth-order valence-electron chi connectivity index (χ4n) is 4.43. The number of nitrogens with one attached hydrogen (secondary N) is 1. The van der Waals surface area contributed by atoms with Crippen molar-refractivity contribution in [2.24, 2.45) is 5.92 Å². The molecule has 11 heteroatoms. The van der Waals surface area contributed by atoms with Crippen LogP contribution in [0, 0.1) is 12.8 Å². The second kappa shape index (κ2) is 15.5. The third kappa shape index (κ3) is 8.66. The molecular formula is C33H43N3O7S. The molecule has 44 heavy (non-hydrogen) atoms. The molecule has 0 heterocycles. The molecule has 10 nitrogen and oxygen atoms in total. The number of sulfonamides is 1. The lowest BCUT2D eigenvalue weighted by molar-refractivity contribution is -0.139. The quantitative estimate of drug-likeness (QED) is 0.258. The molecule has 0 aromatic heterocycles. The van der Waals surface area contributed by atoms with Crippen LogP contribution in [0.15, 0.2) is 71.6 Å². The summed E-state index contributed by atoms with van der Waals surface area (Å²) >= 11 is 0. The predicted octanol–water partition coefficient (Wildman–Crippen LogP) is 4.80. The number of carbonyl (C=O) groups excluding carboxylic acids is 2. The minimum atomic E-state index is -4.30. The molecule has 2 amide bonds. The summed E-state index contributed by atoms with van der Waals surface area (Å²) < 4.78 is 45.6. The Labute approximate surface area is 261 Å². The van der Waals surface area contributed by atoms with Crippen LogP contribution in [0.4, 0.5) is 5.69 Å². The standard InChI is InChI=1S/C33H43N3O7S/c1-8-43-28-15-13-27(14-16-28)36(44(39,40)29-17-18-30(41-6)31(19-29)42-7)22-32(37)35(21-26-11-9-24(4)10-12-26)25(5)33(38)34-20-23(2)3/h9-19,23,25H,8,20-22H2,1-7H3,(H,34,38). The van der Waals surface area contributed by atoms with Crippen molar-refractivity contribution >= 4 is 27.5 Å². The maximum atomic E-state index is 14.2. The number of methoxy groups -OCH3 is 2. The number of nitrogens with zero attached hydrogens (tertiary/aromatic N) is 2. The first-order chi connectivity index (χ1) is 20.9. The highest BCUT2D eigenvalue weighted by Gasteiger charge is 2.33. The van der Waals surface area contributed by atoms with E-state index in [0.29, 0.717) is 24.7 Å². The zero-order valence-electron chi connectivity index (χ0n) is 26.5. The number of benzene rings is 3. The fourth-order valence-corrected chi connectivity index (χ4v) is 5.86. The van der Waals surface area contributed by atoms with E-state index in [1.54, 1.807) is 31.2 Å². The number of carbonyl (C=O) groups is 2. The summed E-state index contributed by atoms with van der Waals surface area (Å²) in [5.41, 5.74) is 2.11. The number of rotatable bonds is 15. The summed E-state index contributed by atoms with van der Waals surface area (Å²) in [6.45, 7) is 9.86. The molecule has 0 bridgehead atoms. The van der Waals surface area contributed by atoms with E-state index in [0.717, 1.165) is 15.4 Å². The van der Waals surface area contributed by atoms with Gasteiger partial charge in [0.15, 0.2) is 11.5 Å². The molecule has 0 saturated heterocycles. The Bertz CT molecular complexity index is 1510. The van der Waals surface area contributed by atoms with E-state index in [9.17, 15) is 18.0 Å². The second-order valence-electron chi connectivity index (χ2n) is 10.8. The average molecular weight is 626 g/mol. The van der Waals surface area contributed by atoms with Gasteiger partial charge in [-0.05, 0) is 68.7 Å². The highest BCUT2D eigenvalue weighted by atomic mass is 32.2. The van der Waals surface area contributed by atoms with Crippen molar-refractivity contribution in [3.63, 3.8) is 0 Å². The number of hydrogen-bond donors (Lipinski definition) is 1. The van der Waals surface area contributed by atoms with E-state index >= 15 is 0 Å². The lowest BCUT2D eigenvalue weighted by Crippen LogP contribution is -2.51. The fraction of sp³-hybridized carbons (Fsp3) is 0.394. The number of anilines is 1. The maximum absolute atomic E-state index is 14.2. The third-order valence-electron chi connectivity index (χ3n) is 6.98. The molecule has 1 N–H and O–H groups in total. The molecule has 0 aliphatic rings. The summed E-state index contributed by atoms with van der Waals surface area (Å²) in [7, 11) is -1.43. The van der Waals surface area contributed by atoms with Crippen molar-refractivity contribution in [3.05, 3.63) is 77.9 Å². The van der Waals surface area contributed by atoms with Crippen LogP contribution >= 0.6 is 0 Å². The number of aryl methyl sites for hydroxylation is 1. The molecule has 0 fully saturated rings. The molecule has 3 aromatic carbocycles. The van der Waals surface area contributed by atoms with Gasteiger partial charge in [0, 0.05) is 19.2 Å². The molecule has 0 radical (unpaired) electrons. The molecule has 1 atom stereocenters. The summed E-state index contributed by atoms with van der Waals surface area (Å²) in [6, 6.07) is 17.5. The Morgan fingerprint density at radius 3 is 2.09 bits per heavy atom. The number of hydrogen-bond acceptors (Lipinski definition) is 7. The molecule has 0 aliphatic carbocycles. The van der Waals surface area contributed by atoms with Gasteiger partial charge in [0.2, 0.25) is 11.8 Å². The van der Waals surface area contributed by atoms with Gasteiger partial charge in [-0.1, -0.05) is 43.7 Å². The lowest BCUT2D eigenvalue weighted by Gasteiger charge is -2.32. The number of ether oxygens (including phenoxy) is 3. The SMILES string of the molecule is CCOc1ccc(N(CC(=O)N(Cc2ccc(C)cc2)C(C)C(=O)NCC(C)C)S(=O)(=O)c2ccc(OC)c(OC)c2)cc1. The Hall–Kier alpha value is -4.25. The van der Waals surface area contributed by atoms with Crippen LogP contribution in [0.3, 0.4) is 0 Å². The Balaban J connectivity index is 2.06. The first-order valence-corrected chi connectivity index (χ1v) is 16.0. The topological polar surface area (TPSA) is 114 Å². The van der Waals surface area contributed by atoms with Gasteiger partial charge in [0.1, 0.15) is 18.3 Å². The van der Waals surface area contributed by atoms with E-state index in [1.807, 2.05) is 52.0 Å². The molecule has 3 rings (SSSR count). The molecule has 238 valence electrons. The van der Waals surface area contributed by atoms with Gasteiger partial charge in [0.05, 0.1) is 31.4 Å². The highest BCUT2D eigenvalue weighted by Crippen LogP contribution is 2.33. The minimum Gasteiger partial charge on any atom is -0.494 e. The van der Waals surface area contributed by atoms with Crippen LogP contribution in [0.5, 0.6) is 17.2 Å². The Kier molecular flexibility index (Phi) is 12.0. The molecule has 0 aliphatic heterocycles. The smallest absolute Gasteiger partial charge is 0.264 e. The van der Waals surface area contributed by atoms with Gasteiger partial charge in [-0.25, -0.2) is 8.42 Å². The minimum absolute atomic E-state index is 0.0929. The molecule has 0 saturated carbocycles. The van der Waals surface area contributed by atoms with E-state index in [2.05, 4.69) is 5.32 Å². The van der Waals surface area contributed by atoms with Gasteiger partial charge in [0.25, 0.3) is 10.0 Å². The molecule has 0 spiro atoms. The largest absolute Gasteiger partial charge is 0.494 e. The molecule has 1 unspecified atom stereocenters. The van der Waals surface area contributed by atoms with Crippen molar-refractivity contribution in [2.75, 3.05) is 38.2 Å². The number of amides is 2. The van der Waals surface area contributed by atoms with Crippen LogP contribution < -0.4 is 23.8 Å².